The maximum absolute atomic E-state index is 11.7. The molecule has 2 N–H and O–H groups in total. The molecule has 0 fully saturated rings. The first-order chi connectivity index (χ1) is 11.7. The van der Waals surface area contributed by atoms with Gasteiger partial charge in [-0.1, -0.05) is 44.2 Å². The summed E-state index contributed by atoms with van der Waals surface area (Å²) in [5, 5.41) is 3.51. The van der Waals surface area contributed by atoms with Gasteiger partial charge in [-0.25, -0.2) is 13.3 Å². The number of rotatable bonds is 3. The molecule has 2 aromatic rings. The van der Waals surface area contributed by atoms with Crippen LogP contribution in [-0.4, -0.2) is 14.7 Å². The summed E-state index contributed by atoms with van der Waals surface area (Å²) in [6.45, 7) is 11.5. The number of hydrogen-bond donors (Lipinski definition) is 2. The predicted molar refractivity (Wildman–Crippen MR) is 102 cm³/mol. The summed E-state index contributed by atoms with van der Waals surface area (Å²) in [4.78, 5) is 3.52. The number of para-hydroxylation sites is 1. The first-order valence-electron chi connectivity index (χ1n) is 8.05. The fourth-order valence-corrected chi connectivity index (χ4v) is 4.01. The van der Waals surface area contributed by atoms with E-state index in [-0.39, 0.29) is 11.5 Å². The molecule has 0 saturated carbocycles. The number of benzene rings is 2. The van der Waals surface area contributed by atoms with E-state index in [4.69, 9.17) is 6.57 Å². The van der Waals surface area contributed by atoms with Gasteiger partial charge in [0.05, 0.1) is 24.6 Å². The van der Waals surface area contributed by atoms with E-state index in [1.165, 1.54) is 0 Å². The van der Waals surface area contributed by atoms with E-state index in [1.54, 1.807) is 12.1 Å². The molecule has 0 aromatic heterocycles. The van der Waals surface area contributed by atoms with Gasteiger partial charge in [-0.15, -0.1) is 0 Å². The van der Waals surface area contributed by atoms with Gasteiger partial charge in [-0.3, -0.25) is 4.72 Å². The highest BCUT2D eigenvalue weighted by Crippen LogP contribution is 2.46. The lowest BCUT2D eigenvalue weighted by Gasteiger charge is -2.39. The molecule has 3 rings (SSSR count). The fourth-order valence-electron chi connectivity index (χ4n) is 3.43. The number of nitrogens with one attached hydrogen (secondary N) is 2. The Balaban J connectivity index is 2.03. The van der Waals surface area contributed by atoms with Gasteiger partial charge in [0, 0.05) is 5.69 Å². The van der Waals surface area contributed by atoms with E-state index in [2.05, 4.69) is 28.7 Å². The zero-order valence-electron chi connectivity index (χ0n) is 14.5. The summed E-state index contributed by atoms with van der Waals surface area (Å²) < 4.78 is 26.0. The van der Waals surface area contributed by atoms with Crippen molar-refractivity contribution in [2.75, 3.05) is 16.3 Å². The second-order valence-electron chi connectivity index (χ2n) is 7.09. The third-order valence-electron chi connectivity index (χ3n) is 4.54. The summed E-state index contributed by atoms with van der Waals surface area (Å²) in [6, 6.07) is 13.1. The number of fused-ring (bicyclic) bond motifs is 1. The summed E-state index contributed by atoms with van der Waals surface area (Å²) in [6.07, 6.45) is 1.95. The average molecular weight is 355 g/mol. The van der Waals surface area contributed by atoms with Crippen molar-refractivity contribution >= 4 is 27.1 Å². The fraction of sp³-hybridized carbons (Fsp3) is 0.316. The van der Waals surface area contributed by atoms with Crippen LogP contribution < -0.4 is 10.0 Å². The van der Waals surface area contributed by atoms with E-state index < -0.39 is 10.0 Å². The molecule has 130 valence electrons. The first kappa shape index (κ1) is 17.3. The quantitative estimate of drug-likeness (QED) is 0.800. The van der Waals surface area contributed by atoms with Crippen molar-refractivity contribution in [2.45, 2.75) is 31.7 Å². The number of hydrogen-bond acceptors (Lipinski definition) is 3. The Morgan fingerprint density at radius 1 is 1.24 bits per heavy atom. The van der Waals surface area contributed by atoms with Crippen LogP contribution in [0.2, 0.25) is 0 Å². The molecular weight excluding hydrogens is 334 g/mol. The molecular formula is C19H21N3O2S. The summed E-state index contributed by atoms with van der Waals surface area (Å²) in [5.41, 5.74) is 4.12. The lowest BCUT2D eigenvalue weighted by Crippen LogP contribution is -2.31. The second kappa shape index (κ2) is 6.08. The van der Waals surface area contributed by atoms with Crippen molar-refractivity contribution in [1.29, 1.82) is 0 Å². The lowest BCUT2D eigenvalue weighted by atomic mass is 9.74. The molecule has 1 atom stereocenters. The zero-order valence-corrected chi connectivity index (χ0v) is 15.3. The molecule has 1 aliphatic rings. The van der Waals surface area contributed by atoms with Gasteiger partial charge in [-0.05, 0) is 35.1 Å². The van der Waals surface area contributed by atoms with Crippen LogP contribution >= 0.6 is 0 Å². The molecule has 0 spiro atoms. The van der Waals surface area contributed by atoms with Crippen molar-refractivity contribution in [3.05, 3.63) is 65.0 Å². The molecule has 1 unspecified atom stereocenters. The van der Waals surface area contributed by atoms with Crippen LogP contribution in [0.4, 0.5) is 17.1 Å². The number of sulfonamides is 1. The topological polar surface area (TPSA) is 62.6 Å². The average Bonchev–Trinajstić information content (AvgIpc) is 2.53. The third kappa shape index (κ3) is 3.62. The molecule has 0 bridgehead atoms. The zero-order chi connectivity index (χ0) is 18.2. The van der Waals surface area contributed by atoms with E-state index in [0.29, 0.717) is 11.4 Å². The smallest absolute Gasteiger partial charge is 0.229 e. The highest BCUT2D eigenvalue weighted by molar-refractivity contribution is 7.92. The SMILES string of the molecule is [C-]#[N+]c1ccc2c(c1)C(C)(C)CC(c1ccccc1NS(C)(=O)=O)N2. The van der Waals surface area contributed by atoms with Gasteiger partial charge >= 0.3 is 0 Å². The monoisotopic (exact) mass is 355 g/mol. The summed E-state index contributed by atoms with van der Waals surface area (Å²) in [7, 11) is -3.35. The van der Waals surface area contributed by atoms with Crippen LogP contribution in [-0.2, 0) is 15.4 Å². The Labute approximate surface area is 149 Å². The number of anilines is 2. The molecule has 1 aliphatic heterocycles. The van der Waals surface area contributed by atoms with Crippen LogP contribution in [0.1, 0.15) is 37.4 Å². The van der Waals surface area contributed by atoms with Crippen molar-refractivity contribution in [2.24, 2.45) is 0 Å². The molecule has 5 nitrogen and oxygen atoms in total. The van der Waals surface area contributed by atoms with Gasteiger partial charge in [0.2, 0.25) is 10.0 Å². The summed E-state index contributed by atoms with van der Waals surface area (Å²) in [5.74, 6) is 0. The highest BCUT2D eigenvalue weighted by Gasteiger charge is 2.34. The standard InChI is InChI=1S/C19H21N3O2S/c1-19(2)12-18(21-17-10-9-13(20-3)11-15(17)19)14-7-5-6-8-16(14)22-25(4,23)24/h5-11,18,21-22H,12H2,1-2,4H3. The minimum absolute atomic E-state index is 0.0215. The molecule has 0 radical (unpaired) electrons. The van der Waals surface area contributed by atoms with Crippen LogP contribution in [0.3, 0.4) is 0 Å². The molecule has 1 heterocycles. The maximum atomic E-state index is 11.7. The van der Waals surface area contributed by atoms with Crippen LogP contribution in [0.15, 0.2) is 42.5 Å². The molecule has 0 amide bonds. The maximum Gasteiger partial charge on any atom is 0.229 e. The van der Waals surface area contributed by atoms with Crippen molar-refractivity contribution in [1.82, 2.24) is 0 Å². The molecule has 2 aromatic carbocycles. The van der Waals surface area contributed by atoms with Crippen LogP contribution in [0.25, 0.3) is 4.85 Å². The molecule has 0 saturated heterocycles. The Kier molecular flexibility index (Phi) is 4.21. The third-order valence-corrected chi connectivity index (χ3v) is 5.13. The van der Waals surface area contributed by atoms with E-state index >= 15 is 0 Å². The van der Waals surface area contributed by atoms with Crippen molar-refractivity contribution in [3.8, 4) is 0 Å². The Hall–Kier alpha value is -2.52. The van der Waals surface area contributed by atoms with Gasteiger partial charge in [0.25, 0.3) is 0 Å². The van der Waals surface area contributed by atoms with Crippen molar-refractivity contribution in [3.63, 3.8) is 0 Å². The minimum Gasteiger partial charge on any atom is -0.378 e. The van der Waals surface area contributed by atoms with Gasteiger partial charge < -0.3 is 5.32 Å². The van der Waals surface area contributed by atoms with Gasteiger partial charge in [0.1, 0.15) is 0 Å². The normalized spacial score (nSPS) is 18.6. The van der Waals surface area contributed by atoms with Crippen LogP contribution in [0.5, 0.6) is 0 Å². The highest BCUT2D eigenvalue weighted by atomic mass is 32.2. The molecule has 0 aliphatic carbocycles. The predicted octanol–water partition coefficient (Wildman–Crippen LogP) is 4.44. The Morgan fingerprint density at radius 2 is 1.96 bits per heavy atom. The van der Waals surface area contributed by atoms with E-state index in [0.717, 1.165) is 29.5 Å². The van der Waals surface area contributed by atoms with Crippen LogP contribution in [0, 0.1) is 6.57 Å². The minimum atomic E-state index is -3.35. The van der Waals surface area contributed by atoms with Gasteiger partial charge in [0.15, 0.2) is 5.69 Å². The Bertz CT molecular complexity index is 959. The molecule has 6 heteroatoms. The molecule has 25 heavy (non-hydrogen) atoms. The first-order valence-corrected chi connectivity index (χ1v) is 9.94. The largest absolute Gasteiger partial charge is 0.378 e. The van der Waals surface area contributed by atoms with E-state index in [9.17, 15) is 8.42 Å². The second-order valence-corrected chi connectivity index (χ2v) is 8.84. The van der Waals surface area contributed by atoms with E-state index in [1.807, 2.05) is 30.3 Å². The van der Waals surface area contributed by atoms with Crippen molar-refractivity contribution < 1.29 is 8.42 Å². The summed E-state index contributed by atoms with van der Waals surface area (Å²) >= 11 is 0. The lowest BCUT2D eigenvalue weighted by molar-refractivity contribution is 0.428. The van der Waals surface area contributed by atoms with Gasteiger partial charge in [-0.2, -0.15) is 0 Å². The Morgan fingerprint density at radius 3 is 2.64 bits per heavy atom. The number of nitrogens with zero attached hydrogens (tertiary/aromatic N) is 1.